The average Bonchev–Trinajstić information content (AvgIpc) is 3.30. The number of fused-ring (bicyclic) bond motifs is 6. The first-order valence-corrected chi connectivity index (χ1v) is 18.8. The normalized spacial score (nSPS) is 37.7. The third-order valence-electron chi connectivity index (χ3n) is 15.1. The molecule has 5 aliphatic carbocycles. The van der Waals surface area contributed by atoms with Crippen LogP contribution in [-0.4, -0.2) is 45.4 Å². The number of amides is 1. The summed E-state index contributed by atoms with van der Waals surface area (Å²) in [5.74, 6) is -1.13. The molecule has 0 aliphatic heterocycles. The monoisotopic (exact) mass is 690 g/mol. The number of hydrogen-bond acceptors (Lipinski definition) is 6. The Hall–Kier alpha value is -3.23. The number of esters is 1. The number of carbonyl (C=O) groups excluding carboxylic acids is 3. The third kappa shape index (κ3) is 5.25. The van der Waals surface area contributed by atoms with Gasteiger partial charge >= 0.3 is 11.9 Å². The Bertz CT molecular complexity index is 1700. The number of H-pyrrole nitrogens is 1. The van der Waals surface area contributed by atoms with E-state index in [4.69, 9.17) is 4.74 Å². The molecule has 4 fully saturated rings. The number of allylic oxidation sites excluding steroid dienone is 1. The number of aliphatic carboxylic acids is 1. The number of Topliss-reactive ketones (excluding diaryl/α,β-unsaturated/α-hetero) is 1. The standard InChI is InChI=1S/C41H58N2O7/c1-23(2)31-26(44)21-41(43-34(47)24-11-10-20-42-33(24)46)19-18-39(8)25(32(31)41)12-13-28-38(7)16-15-29(50-30(45)22-36(3,4)35(48)49)37(5,6)27(38)14-17-40(28,39)9/h10-11,20,23,27-29,31H,12-19,21-22H2,1-9H3,(H,42,46)(H,43,47)(H,48,49)/t27-,28+,29-,31?,38-,39+,40+,41+/m0/s1. The van der Waals surface area contributed by atoms with Crippen molar-refractivity contribution in [1.29, 1.82) is 0 Å². The van der Waals surface area contributed by atoms with Crippen LogP contribution in [0.25, 0.3) is 0 Å². The molecule has 5 aliphatic rings. The summed E-state index contributed by atoms with van der Waals surface area (Å²) in [5, 5.41) is 12.9. The van der Waals surface area contributed by atoms with E-state index in [1.165, 1.54) is 11.8 Å². The maximum Gasteiger partial charge on any atom is 0.309 e. The quantitative estimate of drug-likeness (QED) is 0.202. The summed E-state index contributed by atoms with van der Waals surface area (Å²) in [6.45, 7) is 19.2. The second-order valence-electron chi connectivity index (χ2n) is 18.8. The largest absolute Gasteiger partial charge is 0.481 e. The van der Waals surface area contributed by atoms with Gasteiger partial charge in [-0.1, -0.05) is 54.0 Å². The van der Waals surface area contributed by atoms with Crippen molar-refractivity contribution >= 4 is 23.6 Å². The minimum Gasteiger partial charge on any atom is -0.481 e. The first kappa shape index (κ1) is 36.6. The lowest BCUT2D eigenvalue weighted by Crippen LogP contribution is -2.65. The van der Waals surface area contributed by atoms with E-state index in [1.54, 1.807) is 26.0 Å². The van der Waals surface area contributed by atoms with Crippen molar-refractivity contribution in [1.82, 2.24) is 10.3 Å². The first-order chi connectivity index (χ1) is 23.1. The van der Waals surface area contributed by atoms with Crippen molar-refractivity contribution in [2.75, 3.05) is 0 Å². The number of hydrogen-bond donors (Lipinski definition) is 3. The van der Waals surface area contributed by atoms with E-state index < -0.39 is 34.4 Å². The van der Waals surface area contributed by atoms with Gasteiger partial charge in [0.15, 0.2) is 0 Å². The Morgan fingerprint density at radius 3 is 2.34 bits per heavy atom. The lowest BCUT2D eigenvalue weighted by molar-refractivity contribution is -0.214. The molecule has 274 valence electrons. The zero-order valence-electron chi connectivity index (χ0n) is 31.6. The van der Waals surface area contributed by atoms with E-state index in [0.717, 1.165) is 50.5 Å². The average molecular weight is 691 g/mol. The highest BCUT2D eigenvalue weighted by atomic mass is 16.5. The molecule has 9 heteroatoms. The fourth-order valence-electron chi connectivity index (χ4n) is 12.3. The van der Waals surface area contributed by atoms with Crippen LogP contribution in [0.3, 0.4) is 0 Å². The van der Waals surface area contributed by atoms with E-state index in [9.17, 15) is 29.1 Å². The summed E-state index contributed by atoms with van der Waals surface area (Å²) < 4.78 is 6.13. The van der Waals surface area contributed by atoms with Gasteiger partial charge in [-0.05, 0) is 117 Å². The zero-order chi connectivity index (χ0) is 36.8. The summed E-state index contributed by atoms with van der Waals surface area (Å²) >= 11 is 0. The van der Waals surface area contributed by atoms with Crippen LogP contribution < -0.4 is 10.9 Å². The molecule has 0 saturated heterocycles. The van der Waals surface area contributed by atoms with Crippen molar-refractivity contribution in [2.45, 2.75) is 138 Å². The summed E-state index contributed by atoms with van der Waals surface area (Å²) in [6.07, 6.45) is 8.41. The second-order valence-corrected chi connectivity index (χ2v) is 18.8. The van der Waals surface area contributed by atoms with Crippen molar-refractivity contribution in [3.8, 4) is 0 Å². The highest BCUT2D eigenvalue weighted by Gasteiger charge is 2.69. The molecule has 1 aromatic heterocycles. The molecule has 1 amide bonds. The Morgan fingerprint density at radius 1 is 1.00 bits per heavy atom. The summed E-state index contributed by atoms with van der Waals surface area (Å²) in [6, 6.07) is 3.20. The fourth-order valence-corrected chi connectivity index (χ4v) is 12.3. The lowest BCUT2D eigenvalue weighted by Gasteiger charge is -2.70. The van der Waals surface area contributed by atoms with Crippen LogP contribution in [0.15, 0.2) is 34.3 Å². The van der Waals surface area contributed by atoms with Gasteiger partial charge < -0.3 is 20.1 Å². The molecule has 0 aromatic carbocycles. The predicted molar refractivity (Wildman–Crippen MR) is 190 cm³/mol. The number of aromatic amines is 1. The maximum atomic E-state index is 13.9. The van der Waals surface area contributed by atoms with Gasteiger partial charge in [0, 0.05) is 24.0 Å². The number of carboxylic acids is 1. The summed E-state index contributed by atoms with van der Waals surface area (Å²) in [7, 11) is 0. The molecular weight excluding hydrogens is 632 g/mol. The van der Waals surface area contributed by atoms with Gasteiger partial charge in [-0.25, -0.2) is 0 Å². The SMILES string of the molecule is CC(C)C1C(=O)C[C@]2(NC(=O)c3ccc[nH]c3=O)CC[C@]3(C)C(=C12)CC[C@@H]1[C@@]2(C)CC[C@H](OC(=O)CC(C)(C)C(=O)O)C(C)(C)[C@@H]2CC[C@]13C. The molecule has 1 heterocycles. The van der Waals surface area contributed by atoms with Crippen LogP contribution in [0.2, 0.25) is 0 Å². The van der Waals surface area contributed by atoms with Crippen molar-refractivity contribution in [2.24, 2.45) is 50.7 Å². The molecule has 3 N–H and O–H groups in total. The molecule has 8 atom stereocenters. The number of nitrogens with one attached hydrogen (secondary N) is 2. The molecule has 9 nitrogen and oxygen atoms in total. The van der Waals surface area contributed by atoms with Crippen LogP contribution in [0.4, 0.5) is 0 Å². The Labute approximate surface area is 296 Å². The number of ether oxygens (including phenoxy) is 1. The first-order valence-electron chi connectivity index (χ1n) is 18.8. The summed E-state index contributed by atoms with van der Waals surface area (Å²) in [5.41, 5.74) is -0.319. The fraction of sp³-hybridized carbons (Fsp3) is 0.732. The number of carboxylic acid groups (broad SMARTS) is 1. The van der Waals surface area contributed by atoms with Crippen molar-refractivity contribution in [3.63, 3.8) is 0 Å². The molecule has 0 radical (unpaired) electrons. The summed E-state index contributed by atoms with van der Waals surface area (Å²) in [4.78, 5) is 67.6. The molecule has 50 heavy (non-hydrogen) atoms. The Kier molecular flexibility index (Phi) is 8.71. The number of ketones is 1. The third-order valence-corrected chi connectivity index (χ3v) is 15.1. The molecule has 6 rings (SSSR count). The van der Waals surface area contributed by atoms with Crippen molar-refractivity contribution in [3.05, 3.63) is 45.4 Å². The molecular formula is C41H58N2O7. The number of carbonyl (C=O) groups is 4. The van der Waals surface area contributed by atoms with Gasteiger partial charge in [-0.15, -0.1) is 0 Å². The predicted octanol–water partition coefficient (Wildman–Crippen LogP) is 7.25. The van der Waals surface area contributed by atoms with E-state index >= 15 is 0 Å². The smallest absolute Gasteiger partial charge is 0.309 e. The molecule has 0 spiro atoms. The number of aromatic nitrogens is 1. The van der Waals surface area contributed by atoms with E-state index in [2.05, 4.69) is 58.8 Å². The highest BCUT2D eigenvalue weighted by molar-refractivity contribution is 5.98. The Morgan fingerprint density at radius 2 is 1.70 bits per heavy atom. The minimum absolute atomic E-state index is 0.0129. The highest BCUT2D eigenvalue weighted by Crippen LogP contribution is 2.75. The van der Waals surface area contributed by atoms with Crippen LogP contribution in [0.5, 0.6) is 0 Å². The Balaban J connectivity index is 1.34. The lowest BCUT2D eigenvalue weighted by atomic mass is 9.34. The second kappa shape index (κ2) is 11.9. The van der Waals surface area contributed by atoms with Gasteiger partial charge in [-0.2, -0.15) is 0 Å². The van der Waals surface area contributed by atoms with E-state index in [0.29, 0.717) is 18.3 Å². The van der Waals surface area contributed by atoms with Gasteiger partial charge in [0.05, 0.1) is 17.4 Å². The van der Waals surface area contributed by atoms with Gasteiger partial charge in [0.1, 0.15) is 17.5 Å². The topological polar surface area (TPSA) is 143 Å². The zero-order valence-corrected chi connectivity index (χ0v) is 31.6. The minimum atomic E-state index is -1.18. The van der Waals surface area contributed by atoms with Gasteiger partial charge in [-0.3, -0.25) is 24.0 Å². The maximum absolute atomic E-state index is 13.9. The van der Waals surface area contributed by atoms with E-state index in [1.807, 2.05) is 0 Å². The molecule has 1 unspecified atom stereocenters. The van der Waals surface area contributed by atoms with Gasteiger partial charge in [0.25, 0.3) is 11.5 Å². The molecule has 4 saturated carbocycles. The van der Waals surface area contributed by atoms with Crippen LogP contribution in [0.1, 0.15) is 137 Å². The van der Waals surface area contributed by atoms with Crippen molar-refractivity contribution < 1.29 is 29.0 Å². The number of rotatable bonds is 7. The molecule has 0 bridgehead atoms. The molecule has 1 aromatic rings. The van der Waals surface area contributed by atoms with Gasteiger partial charge in [0.2, 0.25) is 0 Å². The van der Waals surface area contributed by atoms with Crippen LogP contribution in [-0.2, 0) is 19.1 Å². The van der Waals surface area contributed by atoms with Crippen LogP contribution in [0, 0.1) is 50.7 Å². The van der Waals surface area contributed by atoms with E-state index in [-0.39, 0.29) is 63.8 Å². The van der Waals surface area contributed by atoms with Crippen LogP contribution >= 0.6 is 0 Å². The number of pyridine rings is 1.